The van der Waals surface area contributed by atoms with E-state index in [-0.39, 0.29) is 36.2 Å². The van der Waals surface area contributed by atoms with Gasteiger partial charge in [-0.1, -0.05) is 13.8 Å². The Balaban J connectivity index is 0.00000264. The van der Waals surface area contributed by atoms with Crippen LogP contribution in [0.1, 0.15) is 30.6 Å². The molecule has 7 heteroatoms. The SMILES string of the molecule is CC(C)C(NC(=O)c1ccc(F)cc1)C(=O)NC1CCNC1.Cl. The van der Waals surface area contributed by atoms with Gasteiger partial charge in [0, 0.05) is 18.2 Å². The zero-order valence-electron chi connectivity index (χ0n) is 13.3. The molecule has 23 heavy (non-hydrogen) atoms. The number of amides is 2. The quantitative estimate of drug-likeness (QED) is 0.758. The number of benzene rings is 1. The molecule has 2 rings (SSSR count). The molecule has 1 aliphatic rings. The fourth-order valence-corrected chi connectivity index (χ4v) is 2.43. The van der Waals surface area contributed by atoms with E-state index < -0.39 is 11.9 Å². The van der Waals surface area contributed by atoms with Crippen LogP contribution >= 0.6 is 12.4 Å². The van der Waals surface area contributed by atoms with E-state index in [0.717, 1.165) is 19.5 Å². The van der Waals surface area contributed by atoms with Crippen molar-refractivity contribution in [3.8, 4) is 0 Å². The molecule has 2 amide bonds. The van der Waals surface area contributed by atoms with Crippen molar-refractivity contribution >= 4 is 24.2 Å². The Kier molecular flexibility index (Phi) is 7.45. The summed E-state index contributed by atoms with van der Waals surface area (Å²) in [5, 5.41) is 8.86. The van der Waals surface area contributed by atoms with Crippen molar-refractivity contribution in [3.63, 3.8) is 0 Å². The lowest BCUT2D eigenvalue weighted by Gasteiger charge is -2.23. The minimum Gasteiger partial charge on any atom is -0.350 e. The number of hydrogen-bond donors (Lipinski definition) is 3. The lowest BCUT2D eigenvalue weighted by atomic mass is 10.0. The molecule has 0 spiro atoms. The third-order valence-corrected chi connectivity index (χ3v) is 3.75. The summed E-state index contributed by atoms with van der Waals surface area (Å²) in [6, 6.07) is 4.75. The lowest BCUT2D eigenvalue weighted by Crippen LogP contribution is -2.52. The lowest BCUT2D eigenvalue weighted by molar-refractivity contribution is -0.124. The summed E-state index contributed by atoms with van der Waals surface area (Å²) < 4.78 is 12.9. The molecule has 5 nitrogen and oxygen atoms in total. The van der Waals surface area contributed by atoms with Crippen molar-refractivity contribution in [2.75, 3.05) is 13.1 Å². The van der Waals surface area contributed by atoms with E-state index in [1.165, 1.54) is 24.3 Å². The first-order chi connectivity index (χ1) is 10.5. The summed E-state index contributed by atoms with van der Waals surface area (Å²) in [5.41, 5.74) is 0.336. The van der Waals surface area contributed by atoms with Crippen molar-refractivity contribution in [2.24, 2.45) is 5.92 Å². The molecule has 1 aliphatic heterocycles. The van der Waals surface area contributed by atoms with Crippen molar-refractivity contribution in [1.82, 2.24) is 16.0 Å². The average Bonchev–Trinajstić information content (AvgIpc) is 2.97. The molecule has 0 bridgehead atoms. The summed E-state index contributed by atoms with van der Waals surface area (Å²) >= 11 is 0. The molecule has 3 N–H and O–H groups in total. The van der Waals surface area contributed by atoms with Gasteiger partial charge >= 0.3 is 0 Å². The third kappa shape index (κ3) is 5.48. The van der Waals surface area contributed by atoms with Crippen LogP contribution in [0.3, 0.4) is 0 Å². The Hall–Kier alpha value is -1.66. The highest BCUT2D eigenvalue weighted by molar-refractivity contribution is 5.97. The molecule has 1 fully saturated rings. The van der Waals surface area contributed by atoms with Gasteiger partial charge < -0.3 is 16.0 Å². The van der Waals surface area contributed by atoms with E-state index >= 15 is 0 Å². The van der Waals surface area contributed by atoms with E-state index in [0.29, 0.717) is 5.56 Å². The highest BCUT2D eigenvalue weighted by Gasteiger charge is 2.27. The van der Waals surface area contributed by atoms with Crippen LogP contribution in [0.25, 0.3) is 0 Å². The van der Waals surface area contributed by atoms with E-state index in [1.54, 1.807) is 0 Å². The molecular formula is C16H23ClFN3O2. The third-order valence-electron chi connectivity index (χ3n) is 3.75. The molecule has 128 valence electrons. The van der Waals surface area contributed by atoms with E-state index in [4.69, 9.17) is 0 Å². The van der Waals surface area contributed by atoms with Gasteiger partial charge in [0.1, 0.15) is 11.9 Å². The van der Waals surface area contributed by atoms with Crippen LogP contribution in [0.2, 0.25) is 0 Å². The summed E-state index contributed by atoms with van der Waals surface area (Å²) in [5.74, 6) is -1.00. The standard InChI is InChI=1S/C16H22FN3O2.ClH/c1-10(2)14(16(22)19-13-7-8-18-9-13)20-15(21)11-3-5-12(17)6-4-11;/h3-6,10,13-14,18H,7-9H2,1-2H3,(H,19,22)(H,20,21);1H. The van der Waals surface area contributed by atoms with Crippen molar-refractivity contribution in [3.05, 3.63) is 35.6 Å². The van der Waals surface area contributed by atoms with E-state index in [2.05, 4.69) is 16.0 Å². The Labute approximate surface area is 141 Å². The first-order valence-corrected chi connectivity index (χ1v) is 7.55. The monoisotopic (exact) mass is 343 g/mol. The van der Waals surface area contributed by atoms with Crippen LogP contribution in [0.15, 0.2) is 24.3 Å². The molecular weight excluding hydrogens is 321 g/mol. The second kappa shape index (κ2) is 8.84. The molecule has 2 unspecified atom stereocenters. The predicted molar refractivity (Wildman–Crippen MR) is 89.2 cm³/mol. The first kappa shape index (κ1) is 19.4. The van der Waals surface area contributed by atoms with E-state index in [1.807, 2.05) is 13.8 Å². The highest BCUT2D eigenvalue weighted by Crippen LogP contribution is 2.08. The maximum Gasteiger partial charge on any atom is 0.251 e. The fraction of sp³-hybridized carbons (Fsp3) is 0.500. The zero-order valence-corrected chi connectivity index (χ0v) is 14.1. The van der Waals surface area contributed by atoms with Crippen LogP contribution in [-0.2, 0) is 4.79 Å². The van der Waals surface area contributed by atoms with Crippen LogP contribution in [0.5, 0.6) is 0 Å². The molecule has 0 aliphatic carbocycles. The summed E-state index contributed by atoms with van der Waals surface area (Å²) in [7, 11) is 0. The Morgan fingerprint density at radius 3 is 2.43 bits per heavy atom. The first-order valence-electron chi connectivity index (χ1n) is 7.55. The Morgan fingerprint density at radius 1 is 1.26 bits per heavy atom. The zero-order chi connectivity index (χ0) is 16.1. The average molecular weight is 344 g/mol. The molecule has 1 heterocycles. The van der Waals surface area contributed by atoms with Gasteiger partial charge in [-0.3, -0.25) is 9.59 Å². The normalized spacial score (nSPS) is 18.2. The van der Waals surface area contributed by atoms with Crippen molar-refractivity contribution in [1.29, 1.82) is 0 Å². The highest BCUT2D eigenvalue weighted by atomic mass is 35.5. The van der Waals surface area contributed by atoms with Crippen molar-refractivity contribution < 1.29 is 14.0 Å². The molecule has 1 aromatic rings. The van der Waals surface area contributed by atoms with Gasteiger partial charge in [0.2, 0.25) is 5.91 Å². The van der Waals surface area contributed by atoms with Gasteiger partial charge in [-0.2, -0.15) is 0 Å². The van der Waals surface area contributed by atoms with Crippen molar-refractivity contribution in [2.45, 2.75) is 32.4 Å². The second-order valence-corrected chi connectivity index (χ2v) is 5.90. The smallest absolute Gasteiger partial charge is 0.251 e. The number of carbonyl (C=O) groups is 2. The largest absolute Gasteiger partial charge is 0.350 e. The van der Waals surface area contributed by atoms with Gasteiger partial charge in [-0.05, 0) is 43.1 Å². The van der Waals surface area contributed by atoms with Gasteiger partial charge in [0.05, 0.1) is 0 Å². The number of halogens is 2. The van der Waals surface area contributed by atoms with Crippen LogP contribution in [0, 0.1) is 11.7 Å². The molecule has 1 aromatic carbocycles. The molecule has 0 radical (unpaired) electrons. The molecule has 2 atom stereocenters. The summed E-state index contributed by atoms with van der Waals surface area (Å²) in [6.45, 7) is 5.39. The molecule has 0 saturated carbocycles. The number of rotatable bonds is 5. The van der Waals surface area contributed by atoms with Gasteiger partial charge in [0.15, 0.2) is 0 Å². The molecule has 0 aromatic heterocycles. The van der Waals surface area contributed by atoms with Crippen LogP contribution in [0.4, 0.5) is 4.39 Å². The Morgan fingerprint density at radius 2 is 1.91 bits per heavy atom. The number of hydrogen-bond acceptors (Lipinski definition) is 3. The fourth-order valence-electron chi connectivity index (χ4n) is 2.43. The maximum absolute atomic E-state index is 12.9. The maximum atomic E-state index is 12.9. The molecule has 1 saturated heterocycles. The number of carbonyl (C=O) groups excluding carboxylic acids is 2. The summed E-state index contributed by atoms with van der Waals surface area (Å²) in [4.78, 5) is 24.5. The van der Waals surface area contributed by atoms with E-state index in [9.17, 15) is 14.0 Å². The van der Waals surface area contributed by atoms with Gasteiger partial charge in [-0.15, -0.1) is 12.4 Å². The van der Waals surface area contributed by atoms with Gasteiger partial charge in [-0.25, -0.2) is 4.39 Å². The predicted octanol–water partition coefficient (Wildman–Crippen LogP) is 1.48. The Bertz CT molecular complexity index is 531. The van der Waals surface area contributed by atoms with Gasteiger partial charge in [0.25, 0.3) is 5.91 Å². The topological polar surface area (TPSA) is 70.2 Å². The minimum absolute atomic E-state index is 0. The second-order valence-electron chi connectivity index (χ2n) is 5.90. The summed E-state index contributed by atoms with van der Waals surface area (Å²) in [6.07, 6.45) is 0.891. The van der Waals surface area contributed by atoms with Crippen LogP contribution in [-0.4, -0.2) is 37.0 Å². The minimum atomic E-state index is -0.613. The number of nitrogens with one attached hydrogen (secondary N) is 3. The van der Waals surface area contributed by atoms with Crippen LogP contribution < -0.4 is 16.0 Å².